The van der Waals surface area contributed by atoms with E-state index in [-0.39, 0.29) is 31.0 Å². The Balaban J connectivity index is 1.58. The molecule has 1 atom stereocenters. The van der Waals surface area contributed by atoms with Crippen LogP contribution in [0.1, 0.15) is 33.9 Å². The first-order chi connectivity index (χ1) is 15.2. The molecule has 7 heteroatoms. The number of hydrogen-bond donors (Lipinski definition) is 3. The Morgan fingerprint density at radius 1 is 1.13 bits per heavy atom. The van der Waals surface area contributed by atoms with Crippen LogP contribution < -0.4 is 15.5 Å². The van der Waals surface area contributed by atoms with Crippen molar-refractivity contribution in [1.82, 2.24) is 10.3 Å². The lowest BCUT2D eigenvalue weighted by Crippen LogP contribution is -2.40. The molecule has 1 aromatic heterocycles. The summed E-state index contributed by atoms with van der Waals surface area (Å²) in [5.74, 6) is 0.176. The van der Waals surface area contributed by atoms with Crippen LogP contribution in [0.3, 0.4) is 0 Å². The van der Waals surface area contributed by atoms with Crippen molar-refractivity contribution >= 4 is 23.3 Å². The van der Waals surface area contributed by atoms with Gasteiger partial charge < -0.3 is 20.6 Å². The average Bonchev–Trinajstić information content (AvgIpc) is 2.81. The molecule has 0 spiro atoms. The molecule has 158 valence electrons. The minimum Gasteiger partial charge on any atom is -0.396 e. The van der Waals surface area contributed by atoms with Gasteiger partial charge in [0.25, 0.3) is 5.91 Å². The van der Waals surface area contributed by atoms with Crippen LogP contribution in [-0.2, 0) is 11.3 Å². The molecule has 1 aliphatic heterocycles. The van der Waals surface area contributed by atoms with Crippen LogP contribution in [0, 0.1) is 0 Å². The molecule has 2 aromatic carbocycles. The van der Waals surface area contributed by atoms with E-state index in [9.17, 15) is 14.7 Å². The van der Waals surface area contributed by atoms with E-state index in [0.29, 0.717) is 30.0 Å². The molecule has 0 saturated heterocycles. The number of aliphatic hydroxyl groups is 1. The van der Waals surface area contributed by atoms with Crippen LogP contribution in [-0.4, -0.2) is 35.1 Å². The maximum Gasteiger partial charge on any atom is 0.253 e. The molecule has 3 N–H and O–H groups in total. The van der Waals surface area contributed by atoms with Gasteiger partial charge in [-0.05, 0) is 23.6 Å². The number of anilines is 2. The quantitative estimate of drug-likeness (QED) is 0.551. The van der Waals surface area contributed by atoms with Crippen molar-refractivity contribution in [2.45, 2.75) is 19.0 Å². The summed E-state index contributed by atoms with van der Waals surface area (Å²) in [5, 5.41) is 15.4. The second-order valence-corrected chi connectivity index (χ2v) is 7.36. The number of aliphatic hydroxyl groups excluding tert-OH is 1. The first-order valence-electron chi connectivity index (χ1n) is 10.2. The number of aromatic nitrogens is 1. The van der Waals surface area contributed by atoms with E-state index < -0.39 is 0 Å². The fraction of sp³-hybridized carbons (Fsp3) is 0.208. The Hall–Kier alpha value is -3.71. The number of hydrogen-bond acceptors (Lipinski definition) is 5. The maximum atomic E-state index is 13.0. The van der Waals surface area contributed by atoms with Crippen LogP contribution >= 0.6 is 0 Å². The normalized spacial score (nSPS) is 13.8. The third-order valence-corrected chi connectivity index (χ3v) is 5.24. The number of nitrogens with one attached hydrogen (secondary N) is 2. The van der Waals surface area contributed by atoms with Crippen molar-refractivity contribution in [1.29, 1.82) is 0 Å². The van der Waals surface area contributed by atoms with Gasteiger partial charge in [-0.15, -0.1) is 0 Å². The van der Waals surface area contributed by atoms with Gasteiger partial charge in [0.1, 0.15) is 0 Å². The minimum atomic E-state index is -0.324. The molecule has 31 heavy (non-hydrogen) atoms. The largest absolute Gasteiger partial charge is 0.396 e. The van der Waals surface area contributed by atoms with Gasteiger partial charge in [-0.25, -0.2) is 4.98 Å². The molecule has 1 aliphatic rings. The van der Waals surface area contributed by atoms with Gasteiger partial charge in [0.05, 0.1) is 30.4 Å². The third-order valence-electron chi connectivity index (χ3n) is 5.24. The van der Waals surface area contributed by atoms with E-state index in [0.717, 1.165) is 11.1 Å². The smallest absolute Gasteiger partial charge is 0.253 e. The monoisotopic (exact) mass is 416 g/mol. The first kappa shape index (κ1) is 20.6. The number of nitrogens with zero attached hydrogens (tertiary/aromatic N) is 2. The molecule has 0 saturated carbocycles. The van der Waals surface area contributed by atoms with Gasteiger partial charge in [-0.1, -0.05) is 60.7 Å². The number of fused-ring (bicyclic) bond motifs is 1. The number of pyridine rings is 1. The van der Waals surface area contributed by atoms with E-state index in [2.05, 4.69) is 15.6 Å². The van der Waals surface area contributed by atoms with Gasteiger partial charge in [0.15, 0.2) is 5.82 Å². The van der Waals surface area contributed by atoms with Crippen LogP contribution in [0.15, 0.2) is 72.9 Å². The van der Waals surface area contributed by atoms with Crippen molar-refractivity contribution < 1.29 is 14.7 Å². The van der Waals surface area contributed by atoms with Gasteiger partial charge in [0.2, 0.25) is 5.91 Å². The standard InChI is InChI=1S/C24H24N4O3/c29-12-11-20(18-9-5-2-6-10-18)27-24(31)19-13-21-23(25-14-19)26-15-22(30)28(21)16-17-7-3-1-4-8-17/h1-10,13-14,20,29H,11-12,15-16H2,(H,25,26)(H,27,31). The van der Waals surface area contributed by atoms with E-state index >= 15 is 0 Å². The molecule has 1 unspecified atom stereocenters. The van der Waals surface area contributed by atoms with Crippen molar-refractivity contribution in [2.24, 2.45) is 0 Å². The summed E-state index contributed by atoms with van der Waals surface area (Å²) >= 11 is 0. The molecular formula is C24H24N4O3. The van der Waals surface area contributed by atoms with Crippen LogP contribution in [0.5, 0.6) is 0 Å². The fourth-order valence-electron chi connectivity index (χ4n) is 3.63. The van der Waals surface area contributed by atoms with Gasteiger partial charge >= 0.3 is 0 Å². The van der Waals surface area contributed by atoms with E-state index in [1.807, 2.05) is 60.7 Å². The minimum absolute atomic E-state index is 0.0500. The second kappa shape index (κ2) is 9.40. The first-order valence-corrected chi connectivity index (χ1v) is 10.2. The zero-order valence-corrected chi connectivity index (χ0v) is 17.0. The molecule has 2 heterocycles. The fourth-order valence-corrected chi connectivity index (χ4v) is 3.63. The summed E-state index contributed by atoms with van der Waals surface area (Å²) in [6.45, 7) is 0.509. The Bertz CT molecular complexity index is 1060. The SMILES string of the molecule is O=C(NC(CCO)c1ccccc1)c1cnc2c(c1)N(Cc1ccccc1)C(=O)CN2. The molecule has 0 radical (unpaired) electrons. The number of rotatable bonds is 7. The zero-order valence-electron chi connectivity index (χ0n) is 17.0. The van der Waals surface area contributed by atoms with E-state index in [1.165, 1.54) is 6.20 Å². The zero-order chi connectivity index (χ0) is 21.6. The van der Waals surface area contributed by atoms with Crippen LogP contribution in [0.25, 0.3) is 0 Å². The third kappa shape index (κ3) is 4.73. The highest BCUT2D eigenvalue weighted by molar-refractivity contribution is 6.04. The van der Waals surface area contributed by atoms with Gasteiger partial charge in [-0.2, -0.15) is 0 Å². The average molecular weight is 416 g/mol. The Kier molecular flexibility index (Phi) is 6.24. The number of amides is 2. The highest BCUT2D eigenvalue weighted by Crippen LogP contribution is 2.30. The summed E-state index contributed by atoms with van der Waals surface area (Å²) in [4.78, 5) is 31.6. The van der Waals surface area contributed by atoms with Crippen molar-refractivity contribution in [3.8, 4) is 0 Å². The summed E-state index contributed by atoms with van der Waals surface area (Å²) < 4.78 is 0. The number of carbonyl (C=O) groups is 2. The van der Waals surface area contributed by atoms with E-state index in [4.69, 9.17) is 0 Å². The predicted octanol–water partition coefficient (Wildman–Crippen LogP) is 2.89. The van der Waals surface area contributed by atoms with Crippen molar-refractivity contribution in [2.75, 3.05) is 23.4 Å². The number of carbonyl (C=O) groups excluding carboxylic acids is 2. The lowest BCUT2D eigenvalue weighted by Gasteiger charge is -2.30. The van der Waals surface area contributed by atoms with E-state index in [1.54, 1.807) is 11.0 Å². The lowest BCUT2D eigenvalue weighted by molar-refractivity contribution is -0.117. The summed E-state index contributed by atoms with van der Waals surface area (Å²) in [5.41, 5.74) is 2.84. The Labute approximate surface area is 180 Å². The van der Waals surface area contributed by atoms with Gasteiger partial charge in [-0.3, -0.25) is 9.59 Å². The summed E-state index contributed by atoms with van der Waals surface area (Å²) in [6, 6.07) is 20.6. The molecular weight excluding hydrogens is 392 g/mol. The molecule has 2 amide bonds. The molecule has 3 aromatic rings. The molecule has 0 fully saturated rings. The molecule has 7 nitrogen and oxygen atoms in total. The molecule has 0 bridgehead atoms. The highest BCUT2D eigenvalue weighted by atomic mass is 16.3. The van der Waals surface area contributed by atoms with Crippen molar-refractivity contribution in [3.05, 3.63) is 89.6 Å². The van der Waals surface area contributed by atoms with Crippen LogP contribution in [0.4, 0.5) is 11.5 Å². The van der Waals surface area contributed by atoms with Gasteiger partial charge in [0, 0.05) is 12.8 Å². The molecule has 0 aliphatic carbocycles. The summed E-state index contributed by atoms with van der Waals surface area (Å²) in [7, 11) is 0. The summed E-state index contributed by atoms with van der Waals surface area (Å²) in [6.07, 6.45) is 1.90. The second-order valence-electron chi connectivity index (χ2n) is 7.36. The van der Waals surface area contributed by atoms with Crippen LogP contribution in [0.2, 0.25) is 0 Å². The predicted molar refractivity (Wildman–Crippen MR) is 119 cm³/mol. The topological polar surface area (TPSA) is 94.6 Å². The lowest BCUT2D eigenvalue weighted by atomic mass is 10.0. The van der Waals surface area contributed by atoms with Crippen molar-refractivity contribution in [3.63, 3.8) is 0 Å². The highest BCUT2D eigenvalue weighted by Gasteiger charge is 2.26. The Morgan fingerprint density at radius 3 is 2.55 bits per heavy atom. The molecule has 4 rings (SSSR count). The Morgan fingerprint density at radius 2 is 1.84 bits per heavy atom. The number of benzene rings is 2. The maximum absolute atomic E-state index is 13.0.